The monoisotopic (exact) mass is 261 g/mol. The van der Waals surface area contributed by atoms with E-state index >= 15 is 0 Å². The Hall–Kier alpha value is -1.81. The lowest BCUT2D eigenvalue weighted by molar-refractivity contribution is 0.394. The van der Waals surface area contributed by atoms with Gasteiger partial charge in [-0.1, -0.05) is 13.8 Å². The zero-order chi connectivity index (χ0) is 14.4. The molecule has 0 atom stereocenters. The molecule has 0 unspecified atom stereocenters. The summed E-state index contributed by atoms with van der Waals surface area (Å²) in [4.78, 5) is 12.4. The Morgan fingerprint density at radius 3 is 2.47 bits per heavy atom. The van der Waals surface area contributed by atoms with Gasteiger partial charge in [0, 0.05) is 23.1 Å². The van der Waals surface area contributed by atoms with Crippen LogP contribution in [-0.2, 0) is 5.41 Å². The van der Waals surface area contributed by atoms with E-state index in [1.807, 2.05) is 13.8 Å². The van der Waals surface area contributed by atoms with Gasteiger partial charge >= 0.3 is 0 Å². The molecule has 0 radical (unpaired) electrons. The highest BCUT2D eigenvalue weighted by molar-refractivity contribution is 5.82. The van der Waals surface area contributed by atoms with Crippen LogP contribution in [0, 0.1) is 13.8 Å². The highest BCUT2D eigenvalue weighted by atomic mass is 16.3. The molecule has 0 fully saturated rings. The van der Waals surface area contributed by atoms with Crippen LogP contribution in [0.1, 0.15) is 30.7 Å². The number of hydrogen-bond donors (Lipinski definition) is 2. The van der Waals surface area contributed by atoms with Crippen LogP contribution in [0.4, 0.5) is 0 Å². The number of phenols is 1. The maximum atomic E-state index is 12.4. The normalized spacial score (nSPS) is 12.1. The van der Waals surface area contributed by atoms with Crippen molar-refractivity contribution in [2.75, 3.05) is 6.54 Å². The van der Waals surface area contributed by atoms with Crippen molar-refractivity contribution < 1.29 is 9.52 Å². The van der Waals surface area contributed by atoms with E-state index in [9.17, 15) is 9.90 Å². The van der Waals surface area contributed by atoms with Crippen LogP contribution in [0.2, 0.25) is 0 Å². The van der Waals surface area contributed by atoms with Crippen LogP contribution in [0.3, 0.4) is 0 Å². The zero-order valence-corrected chi connectivity index (χ0v) is 11.7. The maximum Gasteiger partial charge on any atom is 0.195 e. The second-order valence-corrected chi connectivity index (χ2v) is 5.56. The van der Waals surface area contributed by atoms with E-state index in [2.05, 4.69) is 0 Å². The molecule has 0 spiro atoms. The number of fused-ring (bicyclic) bond motifs is 1. The smallest absolute Gasteiger partial charge is 0.195 e. The molecule has 1 aromatic heterocycles. The summed E-state index contributed by atoms with van der Waals surface area (Å²) >= 11 is 0. The molecule has 0 aliphatic heterocycles. The van der Waals surface area contributed by atoms with Gasteiger partial charge in [-0.2, -0.15) is 0 Å². The van der Waals surface area contributed by atoms with Crippen LogP contribution in [-0.4, -0.2) is 11.7 Å². The first-order chi connectivity index (χ1) is 8.79. The molecule has 2 aromatic rings. The van der Waals surface area contributed by atoms with Crippen LogP contribution in [0.15, 0.2) is 21.3 Å². The highest BCUT2D eigenvalue weighted by Crippen LogP contribution is 2.30. The first-order valence-corrected chi connectivity index (χ1v) is 6.26. The summed E-state index contributed by atoms with van der Waals surface area (Å²) in [5, 5.41) is 10.2. The predicted octanol–water partition coefficient (Wildman–Crippen LogP) is 2.35. The summed E-state index contributed by atoms with van der Waals surface area (Å²) < 4.78 is 5.90. The molecular formula is C15H19NO3. The van der Waals surface area contributed by atoms with Gasteiger partial charge in [0.2, 0.25) is 0 Å². The molecule has 0 bridgehead atoms. The highest BCUT2D eigenvalue weighted by Gasteiger charge is 2.26. The Morgan fingerprint density at radius 1 is 1.26 bits per heavy atom. The summed E-state index contributed by atoms with van der Waals surface area (Å²) in [6.45, 7) is 7.72. The van der Waals surface area contributed by atoms with E-state index in [1.165, 1.54) is 6.07 Å². The minimum Gasteiger partial charge on any atom is -0.508 e. The molecule has 2 rings (SSSR count). The van der Waals surface area contributed by atoms with Gasteiger partial charge in [-0.25, -0.2) is 0 Å². The van der Waals surface area contributed by atoms with Gasteiger partial charge in [0.15, 0.2) is 5.43 Å². The van der Waals surface area contributed by atoms with Crippen molar-refractivity contribution in [3.05, 3.63) is 39.2 Å². The van der Waals surface area contributed by atoms with Crippen LogP contribution in [0.25, 0.3) is 11.0 Å². The van der Waals surface area contributed by atoms with E-state index in [1.54, 1.807) is 19.9 Å². The van der Waals surface area contributed by atoms with E-state index < -0.39 is 5.41 Å². The molecule has 0 aliphatic carbocycles. The molecule has 102 valence electrons. The topological polar surface area (TPSA) is 76.5 Å². The predicted molar refractivity (Wildman–Crippen MR) is 75.7 cm³/mol. The lowest BCUT2D eigenvalue weighted by atomic mass is 9.87. The van der Waals surface area contributed by atoms with Crippen molar-refractivity contribution in [3.63, 3.8) is 0 Å². The van der Waals surface area contributed by atoms with E-state index in [0.717, 1.165) is 0 Å². The van der Waals surface area contributed by atoms with Crippen LogP contribution in [0.5, 0.6) is 5.75 Å². The number of benzene rings is 1. The molecule has 1 aromatic carbocycles. The molecule has 0 saturated heterocycles. The summed E-state index contributed by atoms with van der Waals surface area (Å²) in [7, 11) is 0. The Labute approximate surface area is 111 Å². The Morgan fingerprint density at radius 2 is 1.89 bits per heavy atom. The summed E-state index contributed by atoms with van der Waals surface area (Å²) in [6, 6.07) is 3.11. The third-order valence-corrected chi connectivity index (χ3v) is 3.63. The van der Waals surface area contributed by atoms with Gasteiger partial charge in [-0.15, -0.1) is 0 Å². The van der Waals surface area contributed by atoms with Gasteiger partial charge < -0.3 is 15.3 Å². The van der Waals surface area contributed by atoms with Crippen molar-refractivity contribution in [2.45, 2.75) is 33.1 Å². The van der Waals surface area contributed by atoms with E-state index in [-0.39, 0.29) is 11.2 Å². The Bertz CT molecular complexity index is 699. The Kier molecular flexibility index (Phi) is 3.14. The van der Waals surface area contributed by atoms with Crippen molar-refractivity contribution >= 4 is 11.0 Å². The number of phenolic OH excluding ortho intramolecular Hbond substituents is 1. The standard InChI is InChI=1S/C15H19NO3/c1-8-11(17)6-5-10-12(18)9(2)14(19-13(8)10)15(3,4)7-16/h5-6,17H,7,16H2,1-4H3. The second kappa shape index (κ2) is 4.38. The fraction of sp³-hybridized carbons (Fsp3) is 0.400. The van der Waals surface area contributed by atoms with Gasteiger partial charge in [0.1, 0.15) is 17.1 Å². The fourth-order valence-electron chi connectivity index (χ4n) is 2.21. The molecule has 0 amide bonds. The van der Waals surface area contributed by atoms with E-state index in [0.29, 0.717) is 34.4 Å². The molecule has 1 heterocycles. The maximum absolute atomic E-state index is 12.4. The largest absolute Gasteiger partial charge is 0.508 e. The molecule has 4 heteroatoms. The number of rotatable bonds is 2. The van der Waals surface area contributed by atoms with Gasteiger partial charge in [0.25, 0.3) is 0 Å². The van der Waals surface area contributed by atoms with Crippen molar-refractivity contribution in [1.29, 1.82) is 0 Å². The lowest BCUT2D eigenvalue weighted by Crippen LogP contribution is -2.31. The van der Waals surface area contributed by atoms with E-state index in [4.69, 9.17) is 10.2 Å². The fourth-order valence-corrected chi connectivity index (χ4v) is 2.21. The average Bonchev–Trinajstić information content (AvgIpc) is 2.37. The first-order valence-electron chi connectivity index (χ1n) is 6.26. The molecule has 19 heavy (non-hydrogen) atoms. The lowest BCUT2D eigenvalue weighted by Gasteiger charge is -2.23. The minimum absolute atomic E-state index is 0.0686. The first kappa shape index (κ1) is 13.6. The molecular weight excluding hydrogens is 242 g/mol. The van der Waals surface area contributed by atoms with Gasteiger partial charge in [0.05, 0.1) is 5.39 Å². The summed E-state index contributed by atoms with van der Waals surface area (Å²) in [6.07, 6.45) is 0. The SMILES string of the molecule is Cc1c(C(C)(C)CN)oc2c(C)c(O)ccc2c1=O. The number of hydrogen-bond acceptors (Lipinski definition) is 4. The third-order valence-electron chi connectivity index (χ3n) is 3.63. The molecule has 4 nitrogen and oxygen atoms in total. The number of aromatic hydroxyl groups is 1. The minimum atomic E-state index is -0.421. The number of aryl methyl sites for hydroxylation is 1. The van der Waals surface area contributed by atoms with Crippen LogP contribution < -0.4 is 11.2 Å². The summed E-state index contributed by atoms with van der Waals surface area (Å²) in [5.74, 6) is 0.706. The van der Waals surface area contributed by atoms with Crippen molar-refractivity contribution in [2.24, 2.45) is 5.73 Å². The summed E-state index contributed by atoms with van der Waals surface area (Å²) in [5.41, 5.74) is 6.85. The third kappa shape index (κ3) is 2.02. The van der Waals surface area contributed by atoms with Crippen LogP contribution >= 0.6 is 0 Å². The van der Waals surface area contributed by atoms with Gasteiger partial charge in [-0.3, -0.25) is 4.79 Å². The molecule has 0 aliphatic rings. The van der Waals surface area contributed by atoms with Crippen molar-refractivity contribution in [1.82, 2.24) is 0 Å². The van der Waals surface area contributed by atoms with Gasteiger partial charge in [-0.05, 0) is 26.0 Å². The number of nitrogens with two attached hydrogens (primary N) is 1. The second-order valence-electron chi connectivity index (χ2n) is 5.56. The zero-order valence-electron chi connectivity index (χ0n) is 11.7. The quantitative estimate of drug-likeness (QED) is 0.870. The Balaban J connectivity index is 2.94. The van der Waals surface area contributed by atoms with Crippen molar-refractivity contribution in [3.8, 4) is 5.75 Å². The molecule has 0 saturated carbocycles. The molecule has 3 N–H and O–H groups in total. The average molecular weight is 261 g/mol.